The molecule has 0 saturated carbocycles. The molecular weight excluding hydrogens is 335 g/mol. The number of hydrogen-bond donors (Lipinski definition) is 0. The van der Waals surface area contributed by atoms with E-state index in [0.29, 0.717) is 5.92 Å². The van der Waals surface area contributed by atoms with Gasteiger partial charge in [0.15, 0.2) is 0 Å². The average Bonchev–Trinajstić information content (AvgIpc) is 2.65. The molecule has 1 unspecified atom stereocenters. The van der Waals surface area contributed by atoms with E-state index < -0.39 is 0 Å². The Morgan fingerprint density at radius 3 is 2.07 bits per heavy atom. The van der Waals surface area contributed by atoms with Crippen molar-refractivity contribution in [2.45, 2.75) is 110 Å². The van der Waals surface area contributed by atoms with Gasteiger partial charge in [-0.2, -0.15) is 0 Å². The van der Waals surface area contributed by atoms with Crippen molar-refractivity contribution in [2.24, 2.45) is 5.92 Å². The molecule has 0 radical (unpaired) electrons. The van der Waals surface area contributed by atoms with Crippen molar-refractivity contribution in [1.29, 1.82) is 0 Å². The molecule has 0 heterocycles. The number of hydrogen-bond acceptors (Lipinski definition) is 1. The molecule has 27 heavy (non-hydrogen) atoms. The lowest BCUT2D eigenvalue weighted by atomic mass is 9.82. The first-order valence-electron chi connectivity index (χ1n) is 11.3. The van der Waals surface area contributed by atoms with Crippen LogP contribution >= 0.6 is 0 Å². The quantitative estimate of drug-likeness (QED) is 0.264. The highest BCUT2D eigenvalue weighted by Gasteiger charge is 2.28. The fourth-order valence-corrected chi connectivity index (χ4v) is 3.94. The largest absolute Gasteiger partial charge is 0.379 e. The molecule has 1 aromatic rings. The summed E-state index contributed by atoms with van der Waals surface area (Å²) in [4.78, 5) is 0. The summed E-state index contributed by atoms with van der Waals surface area (Å²) in [7, 11) is 1.85. The van der Waals surface area contributed by atoms with Crippen LogP contribution in [0.15, 0.2) is 24.3 Å². The van der Waals surface area contributed by atoms with E-state index in [4.69, 9.17) is 4.74 Å². The number of methoxy groups -OCH3 is 1. The van der Waals surface area contributed by atoms with E-state index in [1.165, 1.54) is 76.7 Å². The minimum Gasteiger partial charge on any atom is -0.379 e. The number of benzene rings is 1. The lowest BCUT2D eigenvalue weighted by Crippen LogP contribution is -2.33. The Bertz CT molecular complexity index is 483. The molecule has 156 valence electrons. The van der Waals surface area contributed by atoms with E-state index in [-0.39, 0.29) is 11.4 Å². The predicted octanol–water partition coefficient (Wildman–Crippen LogP) is 8.11. The van der Waals surface area contributed by atoms with Crippen LogP contribution in [0.1, 0.15) is 103 Å². The Hall–Kier alpha value is -0.890. The summed E-state index contributed by atoms with van der Waals surface area (Å²) in [6.45, 7) is 6.77. The van der Waals surface area contributed by atoms with Crippen LogP contribution in [0.4, 0.5) is 4.39 Å². The van der Waals surface area contributed by atoms with Crippen molar-refractivity contribution in [3.63, 3.8) is 0 Å². The van der Waals surface area contributed by atoms with E-state index in [1.807, 2.05) is 19.2 Å². The molecule has 0 aliphatic heterocycles. The first-order chi connectivity index (χ1) is 13.0. The highest BCUT2D eigenvalue weighted by molar-refractivity contribution is 5.16. The van der Waals surface area contributed by atoms with E-state index >= 15 is 0 Å². The van der Waals surface area contributed by atoms with Gasteiger partial charge in [-0.15, -0.1) is 0 Å². The maximum absolute atomic E-state index is 13.2. The number of aryl methyl sites for hydroxylation is 1. The molecule has 0 bridgehead atoms. The fourth-order valence-electron chi connectivity index (χ4n) is 3.94. The molecule has 0 N–H and O–H groups in total. The number of unbranched alkanes of at least 4 members (excludes halogenated alkanes) is 8. The first kappa shape index (κ1) is 24.1. The smallest absolute Gasteiger partial charge is 0.123 e. The Balaban J connectivity index is 2.22. The van der Waals surface area contributed by atoms with Gasteiger partial charge < -0.3 is 4.74 Å². The van der Waals surface area contributed by atoms with Crippen molar-refractivity contribution < 1.29 is 9.13 Å². The van der Waals surface area contributed by atoms with Gasteiger partial charge in [-0.05, 0) is 63.1 Å². The molecule has 0 aromatic heterocycles. The van der Waals surface area contributed by atoms with Crippen LogP contribution in [-0.2, 0) is 11.2 Å². The van der Waals surface area contributed by atoms with Crippen molar-refractivity contribution >= 4 is 0 Å². The summed E-state index contributed by atoms with van der Waals surface area (Å²) in [6.07, 6.45) is 16.6. The summed E-state index contributed by atoms with van der Waals surface area (Å²) in [5, 5.41) is 0. The van der Waals surface area contributed by atoms with Crippen LogP contribution in [0.2, 0.25) is 0 Å². The van der Waals surface area contributed by atoms with Gasteiger partial charge in [-0.3, -0.25) is 0 Å². The third-order valence-electron chi connectivity index (χ3n) is 6.07. The molecular formula is C25H43FO. The first-order valence-corrected chi connectivity index (χ1v) is 11.3. The second-order valence-corrected chi connectivity index (χ2v) is 8.64. The number of rotatable bonds is 16. The minimum absolute atomic E-state index is 0.0228. The van der Waals surface area contributed by atoms with Gasteiger partial charge in [-0.1, -0.05) is 76.8 Å². The third-order valence-corrected chi connectivity index (χ3v) is 6.07. The molecule has 1 aromatic carbocycles. The normalized spacial score (nSPS) is 13.1. The molecule has 0 saturated heterocycles. The van der Waals surface area contributed by atoms with Gasteiger partial charge in [0.05, 0.1) is 5.60 Å². The standard InChI is InChI=1S/C25H43FO/c1-5-6-7-8-9-13-18-23(25(2,3)27-4)19-14-11-10-12-16-22-17-15-20-24(26)21-22/h15,17,20-21,23H,5-14,16,18-19H2,1-4H3. The van der Waals surface area contributed by atoms with E-state index in [1.54, 1.807) is 6.07 Å². The van der Waals surface area contributed by atoms with Gasteiger partial charge >= 0.3 is 0 Å². The number of halogens is 1. The molecule has 0 aliphatic rings. The van der Waals surface area contributed by atoms with Crippen LogP contribution < -0.4 is 0 Å². The highest BCUT2D eigenvalue weighted by Crippen LogP contribution is 2.31. The molecule has 1 atom stereocenters. The van der Waals surface area contributed by atoms with Gasteiger partial charge in [0.2, 0.25) is 0 Å². The van der Waals surface area contributed by atoms with Crippen LogP contribution in [-0.4, -0.2) is 12.7 Å². The monoisotopic (exact) mass is 378 g/mol. The Morgan fingerprint density at radius 2 is 1.48 bits per heavy atom. The average molecular weight is 379 g/mol. The molecule has 1 rings (SSSR count). The zero-order valence-electron chi connectivity index (χ0n) is 18.4. The molecule has 0 spiro atoms. The van der Waals surface area contributed by atoms with Gasteiger partial charge in [-0.25, -0.2) is 4.39 Å². The summed E-state index contributed by atoms with van der Waals surface area (Å²) >= 11 is 0. The van der Waals surface area contributed by atoms with Gasteiger partial charge in [0.1, 0.15) is 5.82 Å². The lowest BCUT2D eigenvalue weighted by Gasteiger charge is -2.33. The van der Waals surface area contributed by atoms with Crippen molar-refractivity contribution in [1.82, 2.24) is 0 Å². The van der Waals surface area contributed by atoms with E-state index in [9.17, 15) is 4.39 Å². The Morgan fingerprint density at radius 1 is 0.889 bits per heavy atom. The van der Waals surface area contributed by atoms with Crippen molar-refractivity contribution in [3.05, 3.63) is 35.6 Å². The predicted molar refractivity (Wildman–Crippen MR) is 116 cm³/mol. The minimum atomic E-state index is -0.119. The molecule has 2 heteroatoms. The van der Waals surface area contributed by atoms with Gasteiger partial charge in [0, 0.05) is 7.11 Å². The lowest BCUT2D eigenvalue weighted by molar-refractivity contribution is -0.0352. The Labute approximate surface area is 168 Å². The van der Waals surface area contributed by atoms with Gasteiger partial charge in [0.25, 0.3) is 0 Å². The fraction of sp³-hybridized carbons (Fsp3) is 0.760. The number of ether oxygens (including phenoxy) is 1. The summed E-state index contributed by atoms with van der Waals surface area (Å²) < 4.78 is 19.0. The van der Waals surface area contributed by atoms with Crippen LogP contribution in [0.5, 0.6) is 0 Å². The van der Waals surface area contributed by atoms with Crippen LogP contribution in [0.3, 0.4) is 0 Å². The Kier molecular flexibility index (Phi) is 12.7. The van der Waals surface area contributed by atoms with Crippen molar-refractivity contribution in [2.75, 3.05) is 7.11 Å². The maximum atomic E-state index is 13.2. The highest BCUT2D eigenvalue weighted by atomic mass is 19.1. The summed E-state index contributed by atoms with van der Waals surface area (Å²) in [6, 6.07) is 7.02. The molecule has 0 fully saturated rings. The van der Waals surface area contributed by atoms with Crippen molar-refractivity contribution in [3.8, 4) is 0 Å². The summed E-state index contributed by atoms with van der Waals surface area (Å²) in [5.74, 6) is 0.531. The summed E-state index contributed by atoms with van der Waals surface area (Å²) in [5.41, 5.74) is 1.10. The zero-order valence-corrected chi connectivity index (χ0v) is 18.4. The zero-order chi connectivity index (χ0) is 20.0. The topological polar surface area (TPSA) is 9.23 Å². The van der Waals surface area contributed by atoms with E-state index in [0.717, 1.165) is 18.4 Å². The molecule has 0 aliphatic carbocycles. The second-order valence-electron chi connectivity index (χ2n) is 8.64. The molecule has 1 nitrogen and oxygen atoms in total. The van der Waals surface area contributed by atoms with Crippen LogP contribution in [0, 0.1) is 11.7 Å². The SMILES string of the molecule is CCCCCCCCC(CCCCCCc1cccc(F)c1)C(C)(C)OC. The maximum Gasteiger partial charge on any atom is 0.123 e. The van der Waals surface area contributed by atoms with Crippen LogP contribution in [0.25, 0.3) is 0 Å². The van der Waals surface area contributed by atoms with E-state index in [2.05, 4.69) is 20.8 Å². The third kappa shape index (κ3) is 10.9. The molecule has 0 amide bonds. The second kappa shape index (κ2) is 14.2.